The van der Waals surface area contributed by atoms with Gasteiger partial charge in [0.15, 0.2) is 0 Å². The largest absolute Gasteiger partial charge is 0.478 e. The first-order chi connectivity index (χ1) is 9.38. The maximum absolute atomic E-state index is 11.3. The second kappa shape index (κ2) is 5.37. The molecular formula is C17H19NO2. The molecule has 0 unspecified atom stereocenters. The van der Waals surface area contributed by atoms with Gasteiger partial charge in [0.05, 0.1) is 11.3 Å². The molecule has 2 rings (SSSR count). The number of aromatic carboxylic acids is 1. The first-order valence-electron chi connectivity index (χ1n) is 6.57. The molecule has 3 heteroatoms. The minimum Gasteiger partial charge on any atom is -0.478 e. The topological polar surface area (TPSA) is 49.3 Å². The lowest BCUT2D eigenvalue weighted by molar-refractivity contribution is 0.0698. The summed E-state index contributed by atoms with van der Waals surface area (Å²) in [7, 11) is 0. The fraction of sp³-hybridized carbons (Fsp3) is 0.235. The zero-order valence-electron chi connectivity index (χ0n) is 12.2. The number of anilines is 2. The predicted molar refractivity (Wildman–Crippen MR) is 82.1 cm³/mol. The van der Waals surface area contributed by atoms with E-state index in [9.17, 15) is 9.90 Å². The summed E-state index contributed by atoms with van der Waals surface area (Å²) in [5.74, 6) is -0.918. The van der Waals surface area contributed by atoms with Crippen LogP contribution in [0.25, 0.3) is 0 Å². The van der Waals surface area contributed by atoms with Crippen LogP contribution in [0.4, 0.5) is 11.4 Å². The van der Waals surface area contributed by atoms with Crippen molar-refractivity contribution in [1.29, 1.82) is 0 Å². The Bertz CT molecular complexity index is 652. The SMILES string of the molecule is Cc1cc(C)c(Nc2ccc(C)cc2C(=O)O)c(C)c1. The van der Waals surface area contributed by atoms with Crippen molar-refractivity contribution in [2.75, 3.05) is 5.32 Å². The normalized spacial score (nSPS) is 10.4. The molecule has 0 aliphatic carbocycles. The molecule has 0 aromatic heterocycles. The van der Waals surface area contributed by atoms with Crippen LogP contribution in [0.5, 0.6) is 0 Å². The summed E-state index contributed by atoms with van der Waals surface area (Å²) >= 11 is 0. The van der Waals surface area contributed by atoms with Crippen molar-refractivity contribution in [3.63, 3.8) is 0 Å². The highest BCUT2D eigenvalue weighted by atomic mass is 16.4. The Morgan fingerprint density at radius 1 is 0.950 bits per heavy atom. The van der Waals surface area contributed by atoms with Crippen LogP contribution in [0.1, 0.15) is 32.6 Å². The molecular weight excluding hydrogens is 250 g/mol. The van der Waals surface area contributed by atoms with Crippen LogP contribution in [0.3, 0.4) is 0 Å². The van der Waals surface area contributed by atoms with E-state index >= 15 is 0 Å². The van der Waals surface area contributed by atoms with Crippen LogP contribution < -0.4 is 5.32 Å². The number of rotatable bonds is 3. The van der Waals surface area contributed by atoms with E-state index in [1.165, 1.54) is 5.56 Å². The van der Waals surface area contributed by atoms with Crippen LogP contribution in [-0.4, -0.2) is 11.1 Å². The van der Waals surface area contributed by atoms with Crippen LogP contribution >= 0.6 is 0 Å². The number of aryl methyl sites for hydroxylation is 4. The molecule has 0 heterocycles. The van der Waals surface area contributed by atoms with Crippen LogP contribution in [-0.2, 0) is 0 Å². The van der Waals surface area contributed by atoms with Gasteiger partial charge in [-0.3, -0.25) is 0 Å². The van der Waals surface area contributed by atoms with Crippen molar-refractivity contribution < 1.29 is 9.90 Å². The third-order valence-electron chi connectivity index (χ3n) is 3.34. The molecule has 104 valence electrons. The molecule has 0 saturated heterocycles. The molecule has 0 bridgehead atoms. The lowest BCUT2D eigenvalue weighted by Crippen LogP contribution is -2.05. The highest BCUT2D eigenvalue weighted by molar-refractivity contribution is 5.95. The van der Waals surface area contributed by atoms with Gasteiger partial charge in [-0.1, -0.05) is 29.3 Å². The number of nitrogens with one attached hydrogen (secondary N) is 1. The van der Waals surface area contributed by atoms with Gasteiger partial charge >= 0.3 is 5.97 Å². The zero-order chi connectivity index (χ0) is 14.9. The summed E-state index contributed by atoms with van der Waals surface area (Å²) in [6.07, 6.45) is 0. The molecule has 0 atom stereocenters. The molecule has 0 radical (unpaired) electrons. The van der Waals surface area contributed by atoms with E-state index in [1.807, 2.05) is 32.9 Å². The smallest absolute Gasteiger partial charge is 0.337 e. The molecule has 0 amide bonds. The van der Waals surface area contributed by atoms with Gasteiger partial charge in [0, 0.05) is 5.69 Å². The summed E-state index contributed by atoms with van der Waals surface area (Å²) in [5, 5.41) is 12.6. The fourth-order valence-electron chi connectivity index (χ4n) is 2.46. The summed E-state index contributed by atoms with van der Waals surface area (Å²) < 4.78 is 0. The van der Waals surface area contributed by atoms with E-state index in [1.54, 1.807) is 6.07 Å². The minimum atomic E-state index is -0.918. The number of hydrogen-bond acceptors (Lipinski definition) is 2. The Kier molecular flexibility index (Phi) is 3.79. The molecule has 0 aliphatic rings. The maximum atomic E-state index is 11.3. The Morgan fingerprint density at radius 2 is 1.55 bits per heavy atom. The highest BCUT2D eigenvalue weighted by Crippen LogP contribution is 2.28. The van der Waals surface area contributed by atoms with Crippen molar-refractivity contribution in [3.05, 3.63) is 58.1 Å². The summed E-state index contributed by atoms with van der Waals surface area (Å²) in [6.45, 7) is 7.99. The van der Waals surface area contributed by atoms with Gasteiger partial charge in [-0.2, -0.15) is 0 Å². The van der Waals surface area contributed by atoms with E-state index in [0.717, 1.165) is 22.4 Å². The summed E-state index contributed by atoms with van der Waals surface area (Å²) in [5.41, 5.74) is 6.25. The zero-order valence-corrected chi connectivity index (χ0v) is 12.2. The Labute approximate surface area is 119 Å². The lowest BCUT2D eigenvalue weighted by Gasteiger charge is -2.16. The maximum Gasteiger partial charge on any atom is 0.337 e. The minimum absolute atomic E-state index is 0.296. The molecule has 20 heavy (non-hydrogen) atoms. The number of benzene rings is 2. The van der Waals surface area contributed by atoms with Crippen molar-refractivity contribution in [2.45, 2.75) is 27.7 Å². The van der Waals surface area contributed by atoms with E-state index in [2.05, 4.69) is 24.4 Å². The molecule has 0 saturated carbocycles. The standard InChI is InChI=1S/C17H19NO2/c1-10-5-6-15(14(9-10)17(19)20)18-16-12(3)7-11(2)8-13(16)4/h5-9,18H,1-4H3,(H,19,20). The molecule has 2 aromatic rings. The van der Waals surface area contributed by atoms with Crippen molar-refractivity contribution in [2.24, 2.45) is 0 Å². The number of carboxylic acids is 1. The number of hydrogen-bond donors (Lipinski definition) is 2. The molecule has 2 aromatic carbocycles. The van der Waals surface area contributed by atoms with Crippen molar-refractivity contribution in [3.8, 4) is 0 Å². The Morgan fingerprint density at radius 3 is 2.10 bits per heavy atom. The average molecular weight is 269 g/mol. The van der Waals surface area contributed by atoms with E-state index in [4.69, 9.17) is 0 Å². The monoisotopic (exact) mass is 269 g/mol. The second-order valence-corrected chi connectivity index (χ2v) is 5.25. The predicted octanol–water partition coefficient (Wildman–Crippen LogP) is 4.36. The van der Waals surface area contributed by atoms with Gasteiger partial charge in [-0.15, -0.1) is 0 Å². The van der Waals surface area contributed by atoms with E-state index in [-0.39, 0.29) is 0 Å². The molecule has 0 fully saturated rings. The second-order valence-electron chi connectivity index (χ2n) is 5.25. The van der Waals surface area contributed by atoms with Gasteiger partial charge in [0.1, 0.15) is 0 Å². The average Bonchev–Trinajstić information content (AvgIpc) is 2.34. The Hall–Kier alpha value is -2.29. The summed E-state index contributed by atoms with van der Waals surface area (Å²) in [6, 6.07) is 9.59. The van der Waals surface area contributed by atoms with Gasteiger partial charge in [-0.05, 0) is 51.0 Å². The summed E-state index contributed by atoms with van der Waals surface area (Å²) in [4.78, 5) is 11.3. The van der Waals surface area contributed by atoms with Crippen molar-refractivity contribution >= 4 is 17.3 Å². The first kappa shape index (κ1) is 14.1. The molecule has 2 N–H and O–H groups in total. The van der Waals surface area contributed by atoms with Crippen molar-refractivity contribution in [1.82, 2.24) is 0 Å². The van der Waals surface area contributed by atoms with Crippen LogP contribution in [0, 0.1) is 27.7 Å². The third kappa shape index (κ3) is 2.82. The number of carbonyl (C=O) groups is 1. The third-order valence-corrected chi connectivity index (χ3v) is 3.34. The van der Waals surface area contributed by atoms with Gasteiger partial charge in [0.2, 0.25) is 0 Å². The Balaban J connectivity index is 2.48. The number of carboxylic acid groups (broad SMARTS) is 1. The van der Waals surface area contributed by atoms with E-state index in [0.29, 0.717) is 11.3 Å². The lowest BCUT2D eigenvalue weighted by atomic mass is 10.0. The first-order valence-corrected chi connectivity index (χ1v) is 6.57. The van der Waals surface area contributed by atoms with E-state index < -0.39 is 5.97 Å². The fourth-order valence-corrected chi connectivity index (χ4v) is 2.46. The van der Waals surface area contributed by atoms with Crippen LogP contribution in [0.15, 0.2) is 30.3 Å². The molecule has 0 spiro atoms. The van der Waals surface area contributed by atoms with Crippen LogP contribution in [0.2, 0.25) is 0 Å². The van der Waals surface area contributed by atoms with Gasteiger partial charge < -0.3 is 10.4 Å². The molecule has 3 nitrogen and oxygen atoms in total. The quantitative estimate of drug-likeness (QED) is 0.870. The molecule has 0 aliphatic heterocycles. The van der Waals surface area contributed by atoms with Gasteiger partial charge in [-0.25, -0.2) is 4.79 Å². The van der Waals surface area contributed by atoms with Gasteiger partial charge in [0.25, 0.3) is 0 Å². The highest BCUT2D eigenvalue weighted by Gasteiger charge is 2.12.